The second-order valence-electron chi connectivity index (χ2n) is 0.979. The van der Waals surface area contributed by atoms with Crippen LogP contribution in [-0.4, -0.2) is 22.1 Å². The van der Waals surface area contributed by atoms with Gasteiger partial charge in [-0.3, -0.25) is 0 Å². The summed E-state index contributed by atoms with van der Waals surface area (Å²) in [7, 11) is 0. The van der Waals surface area contributed by atoms with E-state index in [9.17, 15) is 7.67 Å². The van der Waals surface area contributed by atoms with Crippen LogP contribution >= 0.6 is 12.3 Å². The van der Waals surface area contributed by atoms with Gasteiger partial charge in [0, 0.05) is 0 Å². The minimum atomic E-state index is -5.10. The Morgan fingerprint density at radius 2 is 2.00 bits per heavy atom. The Balaban J connectivity index is 0. The molecule has 0 saturated carbocycles. The first-order valence-electron chi connectivity index (χ1n) is 2.02. The second-order valence-corrected chi connectivity index (χ2v) is 3.92. The molecule has 0 aromatic rings. The van der Waals surface area contributed by atoms with Gasteiger partial charge < -0.3 is 0 Å². The molecule has 0 radical (unpaired) electrons. The molecule has 0 atom stereocenters. The summed E-state index contributed by atoms with van der Waals surface area (Å²) < 4.78 is 37.5. The molecule has 0 heterocycles. The first-order valence-corrected chi connectivity index (χ1v) is 5.58. The molecule has 0 aliphatic heterocycles. The second kappa shape index (κ2) is 7.20. The van der Waals surface area contributed by atoms with Crippen LogP contribution in [0, 0.1) is 0 Å². The van der Waals surface area contributed by atoms with Gasteiger partial charge in [-0.05, 0) is 6.92 Å². The quantitative estimate of drug-likeness (QED) is 0.414. The van der Waals surface area contributed by atoms with E-state index in [4.69, 9.17) is 8.74 Å². The van der Waals surface area contributed by atoms with Gasteiger partial charge in [-0.1, -0.05) is 6.08 Å². The molecule has 2 N–H and O–H groups in total. The van der Waals surface area contributed by atoms with E-state index in [0.29, 0.717) is 0 Å². The Bertz CT molecular complexity index is 162. The summed E-state index contributed by atoms with van der Waals surface area (Å²) in [5.74, 6) is 0. The third-order valence-corrected chi connectivity index (χ3v) is 1.81. The van der Waals surface area contributed by atoms with Crippen LogP contribution in [-0.2, 0) is 10.9 Å². The summed E-state index contributed by atoms with van der Waals surface area (Å²) in [6, 6.07) is 0. The van der Waals surface area contributed by atoms with Gasteiger partial charge in [0.05, 0.1) is 0 Å². The van der Waals surface area contributed by atoms with Gasteiger partial charge in [-0.15, -0.1) is 6.58 Å². The zero-order valence-electron chi connectivity index (χ0n) is 5.22. The average molecular weight is 235 g/mol. The van der Waals surface area contributed by atoms with Crippen LogP contribution < -0.4 is 0 Å². The predicted octanol–water partition coefficient (Wildman–Crippen LogP) is 0.605. The van der Waals surface area contributed by atoms with Gasteiger partial charge in [0.1, 0.15) is 0 Å². The average Bonchev–Trinajstić information content (AvgIpc) is 1.63. The van der Waals surface area contributed by atoms with Crippen LogP contribution in [0.5, 0.6) is 0 Å². The molecule has 0 amide bonds. The fourth-order valence-corrected chi connectivity index (χ4v) is 0.599. The third kappa shape index (κ3) is 24.3. The SMILES string of the molecule is C=CC.O=[Se](=O)(O)OSO. The molecule has 0 saturated heterocycles. The summed E-state index contributed by atoms with van der Waals surface area (Å²) in [4.78, 5) is 0. The van der Waals surface area contributed by atoms with Gasteiger partial charge in [0.25, 0.3) is 0 Å². The van der Waals surface area contributed by atoms with Crippen molar-refractivity contribution in [2.24, 2.45) is 0 Å². The van der Waals surface area contributed by atoms with E-state index in [0.717, 1.165) is 0 Å². The van der Waals surface area contributed by atoms with Crippen molar-refractivity contribution in [1.82, 2.24) is 0 Å². The summed E-state index contributed by atoms with van der Waals surface area (Å²) in [6.07, 6.45) is 1.75. The zero-order valence-corrected chi connectivity index (χ0v) is 7.75. The third-order valence-electron chi connectivity index (χ3n) is 0.116. The predicted molar refractivity (Wildman–Crippen MR) is 36.5 cm³/mol. The molecule has 0 aromatic carbocycles. The van der Waals surface area contributed by atoms with Crippen molar-refractivity contribution in [1.29, 1.82) is 0 Å². The molecular formula is C3H8O5SSe. The van der Waals surface area contributed by atoms with E-state index in [1.54, 1.807) is 6.08 Å². The van der Waals surface area contributed by atoms with Crippen molar-refractivity contribution in [3.05, 3.63) is 12.7 Å². The van der Waals surface area contributed by atoms with Crippen LogP contribution in [0.1, 0.15) is 6.92 Å². The normalized spacial score (nSPS) is 9.50. The summed E-state index contributed by atoms with van der Waals surface area (Å²) in [6.45, 7) is 5.25. The molecular weight excluding hydrogens is 227 g/mol. The first kappa shape index (κ1) is 12.7. The molecule has 10 heavy (non-hydrogen) atoms. The Labute approximate surface area is 65.4 Å². The van der Waals surface area contributed by atoms with Crippen molar-refractivity contribution in [2.45, 2.75) is 6.92 Å². The van der Waals surface area contributed by atoms with Crippen LogP contribution in [0.3, 0.4) is 0 Å². The summed E-state index contributed by atoms with van der Waals surface area (Å²) in [5, 5.41) is 0. The molecule has 0 bridgehead atoms. The van der Waals surface area contributed by atoms with Crippen LogP contribution in [0.2, 0.25) is 0 Å². The first-order chi connectivity index (χ1) is 4.47. The van der Waals surface area contributed by atoms with E-state index in [2.05, 4.69) is 9.84 Å². The van der Waals surface area contributed by atoms with Crippen molar-refractivity contribution in [2.75, 3.05) is 0 Å². The van der Waals surface area contributed by atoms with E-state index in [1.165, 1.54) is 0 Å². The van der Waals surface area contributed by atoms with Crippen LogP contribution in [0.4, 0.5) is 0 Å². The van der Waals surface area contributed by atoms with Crippen LogP contribution in [0.15, 0.2) is 12.7 Å². The van der Waals surface area contributed by atoms with Gasteiger partial charge in [-0.25, -0.2) is 0 Å². The van der Waals surface area contributed by atoms with Gasteiger partial charge in [0.2, 0.25) is 0 Å². The van der Waals surface area contributed by atoms with Crippen molar-refractivity contribution < 1.29 is 19.7 Å². The van der Waals surface area contributed by atoms with Gasteiger partial charge in [0.15, 0.2) is 0 Å². The maximum atomic E-state index is 9.46. The van der Waals surface area contributed by atoms with E-state index >= 15 is 0 Å². The molecule has 0 spiro atoms. The van der Waals surface area contributed by atoms with E-state index in [1.807, 2.05) is 6.92 Å². The van der Waals surface area contributed by atoms with Gasteiger partial charge in [-0.2, -0.15) is 0 Å². The summed E-state index contributed by atoms with van der Waals surface area (Å²) in [5.41, 5.74) is 0. The Kier molecular flexibility index (Phi) is 9.17. The minimum absolute atomic E-state index is 0.397. The van der Waals surface area contributed by atoms with E-state index < -0.39 is 25.7 Å². The fraction of sp³-hybridized carbons (Fsp3) is 0.333. The number of hydrogen-bond acceptors (Lipinski definition) is 5. The molecule has 0 aromatic heterocycles. The Morgan fingerprint density at radius 3 is 2.00 bits per heavy atom. The fourth-order valence-electron chi connectivity index (χ4n) is 0.0385. The van der Waals surface area contributed by atoms with Gasteiger partial charge >= 0.3 is 45.4 Å². The Hall–Kier alpha value is 0.0895. The van der Waals surface area contributed by atoms with Crippen molar-refractivity contribution in [3.8, 4) is 0 Å². The number of rotatable bonds is 2. The molecule has 0 aliphatic carbocycles. The maximum absolute atomic E-state index is 9.46. The van der Waals surface area contributed by atoms with Crippen LogP contribution in [0.25, 0.3) is 0 Å². The molecule has 0 aliphatic rings. The molecule has 0 rings (SSSR count). The topological polar surface area (TPSA) is 83.8 Å². The number of allylic oxidation sites excluding steroid dienone is 1. The molecule has 0 unspecified atom stereocenters. The molecule has 7 heteroatoms. The zero-order chi connectivity index (χ0) is 8.62. The monoisotopic (exact) mass is 236 g/mol. The standard InChI is InChI=1S/C3H6.H2O5SSe/c1-3-2;1-6-5-7(2,3)4/h3H,1H2,2H3;1H,(H,2,3,4). The molecule has 0 fully saturated rings. The van der Waals surface area contributed by atoms with E-state index in [-0.39, 0.29) is 0 Å². The summed E-state index contributed by atoms with van der Waals surface area (Å²) >= 11 is -5.49. The number of hydrogen-bond donors (Lipinski definition) is 2. The Morgan fingerprint density at radius 1 is 1.70 bits per heavy atom. The van der Waals surface area contributed by atoms with Crippen molar-refractivity contribution in [3.63, 3.8) is 0 Å². The van der Waals surface area contributed by atoms with Crippen molar-refractivity contribution >= 4 is 25.7 Å². The molecule has 5 nitrogen and oxygen atoms in total. The molecule has 62 valence electrons.